The molecule has 67 heavy (non-hydrogen) atoms. The summed E-state index contributed by atoms with van der Waals surface area (Å²) in [6.07, 6.45) is 5.33. The van der Waals surface area contributed by atoms with Crippen LogP contribution in [0, 0.1) is 58.2 Å². The van der Waals surface area contributed by atoms with E-state index in [2.05, 4.69) is 38.1 Å². The zero-order valence-corrected chi connectivity index (χ0v) is 37.8. The third-order valence-corrected chi connectivity index (χ3v) is 17.4. The molecule has 4 atom stereocenters. The lowest BCUT2D eigenvalue weighted by atomic mass is 9.61. The van der Waals surface area contributed by atoms with Crippen LogP contribution in [-0.2, 0) is 16.2 Å². The number of fused-ring (bicyclic) bond motifs is 9. The normalized spacial score (nSPS) is 25.4. The fraction of sp³-hybridized carbons (Fsp3) is 0.345. The Bertz CT molecular complexity index is 2910. The van der Waals surface area contributed by atoms with Gasteiger partial charge < -0.3 is 9.80 Å². The minimum Gasteiger partial charge on any atom is -0.329 e. The lowest BCUT2D eigenvalue weighted by Crippen LogP contribution is -2.55. The van der Waals surface area contributed by atoms with Crippen LogP contribution in [0.2, 0.25) is 0 Å². The molecule has 0 bridgehead atoms. The summed E-state index contributed by atoms with van der Waals surface area (Å²) in [5.74, 6) is -19.8. The average molecular weight is 925 g/mol. The molecule has 3 aliphatic carbocycles. The molecular weight excluding hydrogens is 879 g/mol. The molecule has 2 heterocycles. The molecule has 0 amide bonds. The first-order chi connectivity index (χ1) is 31.6. The number of benzene rings is 6. The van der Waals surface area contributed by atoms with E-state index < -0.39 is 96.9 Å². The highest BCUT2D eigenvalue weighted by molar-refractivity contribution is 5.88. The van der Waals surface area contributed by atoms with Gasteiger partial charge >= 0.3 is 0 Å². The van der Waals surface area contributed by atoms with Gasteiger partial charge in [-0.05, 0) is 132 Å². The Kier molecular flexibility index (Phi) is 9.24. The number of nitrogens with zero attached hydrogens (tertiary/aromatic N) is 2. The maximum atomic E-state index is 15.6. The van der Waals surface area contributed by atoms with Crippen LogP contribution in [0.3, 0.4) is 0 Å². The van der Waals surface area contributed by atoms with Gasteiger partial charge in [0.15, 0.2) is 46.5 Å². The fourth-order valence-electron chi connectivity index (χ4n) is 13.2. The Morgan fingerprint density at radius 3 is 0.970 bits per heavy atom. The predicted octanol–water partition coefficient (Wildman–Crippen LogP) is 16.2. The Balaban J connectivity index is 0.974. The van der Waals surface area contributed by atoms with Gasteiger partial charge in [0.2, 0.25) is 11.6 Å². The maximum absolute atomic E-state index is 15.6. The quantitative estimate of drug-likeness (QED) is 0.0987. The molecule has 5 aliphatic rings. The Labute approximate surface area is 382 Å². The Morgan fingerprint density at radius 2 is 0.627 bits per heavy atom. The summed E-state index contributed by atoms with van der Waals surface area (Å²) in [5.41, 5.74) is 4.26. The summed E-state index contributed by atoms with van der Waals surface area (Å²) in [4.78, 5) is 2.69. The number of halogens is 10. The van der Waals surface area contributed by atoms with Gasteiger partial charge in [0.05, 0.1) is 11.1 Å². The monoisotopic (exact) mass is 924 g/mol. The molecule has 0 aromatic heterocycles. The predicted molar refractivity (Wildman–Crippen MR) is 240 cm³/mol. The summed E-state index contributed by atoms with van der Waals surface area (Å²) < 4.78 is 150. The highest BCUT2D eigenvalue weighted by atomic mass is 19.2. The lowest BCUT2D eigenvalue weighted by molar-refractivity contribution is 0.192. The molecule has 2 aliphatic heterocycles. The van der Waals surface area contributed by atoms with Crippen molar-refractivity contribution in [2.75, 3.05) is 9.80 Å². The van der Waals surface area contributed by atoms with Crippen LogP contribution in [0.25, 0.3) is 33.4 Å². The summed E-state index contributed by atoms with van der Waals surface area (Å²) in [5, 5.41) is 0. The molecule has 0 spiro atoms. The number of rotatable bonds is 4. The third kappa shape index (κ3) is 5.41. The van der Waals surface area contributed by atoms with E-state index in [0.717, 1.165) is 81.3 Å². The van der Waals surface area contributed by atoms with Crippen molar-refractivity contribution in [2.45, 2.75) is 120 Å². The van der Waals surface area contributed by atoms with Crippen molar-refractivity contribution in [2.24, 2.45) is 0 Å². The molecule has 2 fully saturated rings. The van der Waals surface area contributed by atoms with Gasteiger partial charge in [0, 0.05) is 27.6 Å². The summed E-state index contributed by atoms with van der Waals surface area (Å²) in [7, 11) is 0. The highest BCUT2D eigenvalue weighted by Gasteiger charge is 2.60. The van der Waals surface area contributed by atoms with Crippen LogP contribution in [0.4, 0.5) is 66.7 Å². The first-order valence-electron chi connectivity index (χ1n) is 22.8. The molecule has 6 aromatic rings. The molecule has 2 nitrogen and oxygen atoms in total. The first-order valence-corrected chi connectivity index (χ1v) is 22.8. The molecule has 2 saturated carbocycles. The summed E-state index contributed by atoms with van der Waals surface area (Å²) in [6, 6.07) is 23.6. The van der Waals surface area contributed by atoms with Gasteiger partial charge in [0.1, 0.15) is 11.4 Å². The SMILES string of the molecule is CC1(C)c2cc(-c3ccc4c(c3)C3(C)CCCCC3(C)N4c3c(F)c(F)c(F)c(F)c3F)ccc2-c2ccc(-c3ccc4c(c3)C3(C)CCCCC3(C)N4c3c(F)c(F)c(F)c(F)c3F)cc21. The van der Waals surface area contributed by atoms with E-state index >= 15 is 17.6 Å². The second-order valence-corrected chi connectivity index (χ2v) is 20.7. The zero-order valence-electron chi connectivity index (χ0n) is 37.8. The van der Waals surface area contributed by atoms with Crippen LogP contribution in [0.1, 0.15) is 115 Å². The van der Waals surface area contributed by atoms with Crippen LogP contribution in [0.15, 0.2) is 72.8 Å². The van der Waals surface area contributed by atoms with E-state index in [0.29, 0.717) is 37.1 Å². The third-order valence-electron chi connectivity index (χ3n) is 17.4. The van der Waals surface area contributed by atoms with Gasteiger partial charge in [-0.2, -0.15) is 0 Å². The topological polar surface area (TPSA) is 6.48 Å². The van der Waals surface area contributed by atoms with Crippen molar-refractivity contribution in [3.8, 4) is 33.4 Å². The van der Waals surface area contributed by atoms with E-state index in [-0.39, 0.29) is 0 Å². The molecule has 0 saturated heterocycles. The standard InChI is InChI=1S/C55H46F10N2/c1-51(2)33-23-27(29-13-17-37-35(25-29)52(3)19-7-9-21-54(52,5)66(37)49-45(62)41(58)39(56)42(59)46(49)63)11-15-31(33)32-16-12-28(24-34(32)51)30-14-18-38-36(26-30)53(4)20-8-10-22-55(53,6)67(38)50-47(64)43(60)40(57)44(61)48(50)65/h11-18,23-26H,7-10,19-22H2,1-6H3. The van der Waals surface area contributed by atoms with Crippen molar-refractivity contribution in [3.05, 3.63) is 153 Å². The molecule has 346 valence electrons. The van der Waals surface area contributed by atoms with Crippen LogP contribution < -0.4 is 9.80 Å². The smallest absolute Gasteiger partial charge is 0.200 e. The van der Waals surface area contributed by atoms with Crippen molar-refractivity contribution in [3.63, 3.8) is 0 Å². The number of hydrogen-bond acceptors (Lipinski definition) is 2. The van der Waals surface area contributed by atoms with Crippen molar-refractivity contribution >= 4 is 22.7 Å². The van der Waals surface area contributed by atoms with E-state index in [1.54, 1.807) is 12.1 Å². The van der Waals surface area contributed by atoms with Crippen molar-refractivity contribution < 1.29 is 43.9 Å². The van der Waals surface area contributed by atoms with E-state index in [1.165, 1.54) is 9.80 Å². The van der Waals surface area contributed by atoms with Gasteiger partial charge in [-0.15, -0.1) is 0 Å². The molecule has 6 aromatic carbocycles. The summed E-state index contributed by atoms with van der Waals surface area (Å²) >= 11 is 0. The Morgan fingerprint density at radius 1 is 0.343 bits per heavy atom. The van der Waals surface area contributed by atoms with Crippen LogP contribution in [-0.4, -0.2) is 11.1 Å². The lowest BCUT2D eigenvalue weighted by Gasteiger charge is -2.50. The molecule has 0 radical (unpaired) electrons. The highest BCUT2D eigenvalue weighted by Crippen LogP contribution is 2.64. The minimum atomic E-state index is -2.19. The average Bonchev–Trinajstić information content (AvgIpc) is 3.76. The van der Waals surface area contributed by atoms with Gasteiger partial charge in [-0.25, -0.2) is 43.9 Å². The second kappa shape index (κ2) is 14.1. The maximum Gasteiger partial charge on any atom is 0.200 e. The van der Waals surface area contributed by atoms with Crippen LogP contribution in [0.5, 0.6) is 0 Å². The Hall–Kier alpha value is -5.78. The van der Waals surface area contributed by atoms with Gasteiger partial charge in [-0.1, -0.05) is 89.8 Å². The molecule has 12 heteroatoms. The number of hydrogen-bond donors (Lipinski definition) is 0. The summed E-state index contributed by atoms with van der Waals surface area (Å²) in [6.45, 7) is 12.0. The zero-order chi connectivity index (χ0) is 47.7. The molecule has 4 unspecified atom stereocenters. The largest absolute Gasteiger partial charge is 0.329 e. The van der Waals surface area contributed by atoms with E-state index in [1.807, 2.05) is 64.1 Å². The fourth-order valence-corrected chi connectivity index (χ4v) is 13.2. The van der Waals surface area contributed by atoms with Crippen LogP contribution >= 0.6 is 0 Å². The van der Waals surface area contributed by atoms with Gasteiger partial charge in [0.25, 0.3) is 0 Å². The minimum absolute atomic E-state index is 0.402. The molecular formula is C55H46F10N2. The van der Waals surface area contributed by atoms with Crippen molar-refractivity contribution in [1.29, 1.82) is 0 Å². The van der Waals surface area contributed by atoms with E-state index in [4.69, 9.17) is 0 Å². The molecule has 0 N–H and O–H groups in total. The second-order valence-electron chi connectivity index (χ2n) is 20.7. The van der Waals surface area contributed by atoms with E-state index in [9.17, 15) is 26.3 Å². The van der Waals surface area contributed by atoms with Crippen molar-refractivity contribution in [1.82, 2.24) is 0 Å². The first kappa shape index (κ1) is 43.8. The van der Waals surface area contributed by atoms with Gasteiger partial charge in [-0.3, -0.25) is 0 Å². The molecule has 11 rings (SSSR count). The number of anilines is 4.